The van der Waals surface area contributed by atoms with Crippen LogP contribution in [0.2, 0.25) is 0 Å². The maximum absolute atomic E-state index is 12.3. The average molecular weight is 358 g/mol. The molecule has 128 valence electrons. The van der Waals surface area contributed by atoms with Gasteiger partial charge in [0.15, 0.2) is 16.6 Å². The smallest absolute Gasteiger partial charge is 0.335 e. The van der Waals surface area contributed by atoms with Gasteiger partial charge in [0, 0.05) is 11.3 Å². The Morgan fingerprint density at radius 2 is 1.80 bits per heavy atom. The first-order chi connectivity index (χ1) is 11.9. The second-order valence-electron chi connectivity index (χ2n) is 5.31. The Labute approximate surface area is 148 Å². The predicted octanol–water partition coefficient (Wildman–Crippen LogP) is 2.55. The third-order valence-corrected chi connectivity index (χ3v) is 3.80. The fourth-order valence-electron chi connectivity index (χ4n) is 2.26. The number of carbonyl (C=O) groups excluding carboxylic acids is 1. The summed E-state index contributed by atoms with van der Waals surface area (Å²) in [4.78, 5) is 23.3. The van der Waals surface area contributed by atoms with Crippen molar-refractivity contribution in [3.8, 4) is 11.5 Å². The van der Waals surface area contributed by atoms with Gasteiger partial charge in [-0.05, 0) is 55.0 Å². The van der Waals surface area contributed by atoms with Gasteiger partial charge >= 0.3 is 5.97 Å². The summed E-state index contributed by atoms with van der Waals surface area (Å²) in [5.41, 5.74) is 1.79. The topological polar surface area (TPSA) is 96.9 Å². The Hall–Kier alpha value is -3.13. The Kier molecular flexibility index (Phi) is 4.53. The van der Waals surface area contributed by atoms with Gasteiger partial charge in [-0.15, -0.1) is 0 Å². The number of ether oxygens (including phenoxy) is 2. The first-order valence-corrected chi connectivity index (χ1v) is 7.71. The van der Waals surface area contributed by atoms with Crippen molar-refractivity contribution < 1.29 is 24.2 Å². The van der Waals surface area contributed by atoms with Crippen molar-refractivity contribution >= 4 is 34.9 Å². The molecule has 3 N–H and O–H groups in total. The average Bonchev–Trinajstić information content (AvgIpc) is 3.04. The lowest BCUT2D eigenvalue weighted by atomic mass is 10.1. The van der Waals surface area contributed by atoms with Crippen LogP contribution >= 0.6 is 12.2 Å². The van der Waals surface area contributed by atoms with Gasteiger partial charge in [-0.3, -0.25) is 10.1 Å². The molecule has 0 saturated carbocycles. The summed E-state index contributed by atoms with van der Waals surface area (Å²) in [6, 6.07) is 9.42. The van der Waals surface area contributed by atoms with Crippen molar-refractivity contribution in [2.45, 2.75) is 6.92 Å². The van der Waals surface area contributed by atoms with E-state index in [1.54, 1.807) is 31.2 Å². The highest BCUT2D eigenvalue weighted by molar-refractivity contribution is 7.80. The molecule has 25 heavy (non-hydrogen) atoms. The molecule has 0 saturated heterocycles. The first-order valence-electron chi connectivity index (χ1n) is 7.30. The quantitative estimate of drug-likeness (QED) is 0.726. The number of rotatable bonds is 3. The lowest BCUT2D eigenvalue weighted by Crippen LogP contribution is -2.34. The number of aromatic carboxylic acids is 1. The van der Waals surface area contributed by atoms with Crippen LogP contribution in [0.25, 0.3) is 0 Å². The van der Waals surface area contributed by atoms with E-state index in [2.05, 4.69) is 10.6 Å². The van der Waals surface area contributed by atoms with Crippen LogP contribution in [-0.4, -0.2) is 28.9 Å². The fourth-order valence-corrected chi connectivity index (χ4v) is 2.46. The lowest BCUT2D eigenvalue weighted by molar-refractivity contribution is 0.0696. The molecule has 0 bridgehead atoms. The first kappa shape index (κ1) is 16.7. The normalized spacial score (nSPS) is 11.7. The van der Waals surface area contributed by atoms with Crippen molar-refractivity contribution in [2.75, 3.05) is 12.1 Å². The number of hydrogen-bond acceptors (Lipinski definition) is 5. The van der Waals surface area contributed by atoms with Crippen LogP contribution in [0.1, 0.15) is 26.3 Å². The van der Waals surface area contributed by atoms with E-state index in [0.717, 1.165) is 5.56 Å². The fraction of sp³-hybridized carbons (Fsp3) is 0.118. The summed E-state index contributed by atoms with van der Waals surface area (Å²) in [5, 5.41) is 14.5. The molecule has 0 radical (unpaired) electrons. The minimum atomic E-state index is -1.04. The minimum absolute atomic E-state index is 0.0632. The molecule has 0 fully saturated rings. The highest BCUT2D eigenvalue weighted by Crippen LogP contribution is 2.32. The molecule has 2 aromatic carbocycles. The SMILES string of the molecule is Cc1ccc(C(=O)O)cc1NC(=S)NC(=O)c1ccc2c(c1)OCO2. The number of fused-ring (bicyclic) bond motifs is 1. The molecule has 1 aliphatic rings. The molecule has 0 unspecified atom stereocenters. The van der Waals surface area contributed by atoms with Crippen LogP contribution in [-0.2, 0) is 0 Å². The molecule has 0 atom stereocenters. The monoisotopic (exact) mass is 358 g/mol. The van der Waals surface area contributed by atoms with Crippen LogP contribution in [0.4, 0.5) is 5.69 Å². The summed E-state index contributed by atoms with van der Waals surface area (Å²) < 4.78 is 10.4. The van der Waals surface area contributed by atoms with Crippen molar-refractivity contribution in [1.29, 1.82) is 0 Å². The van der Waals surface area contributed by atoms with Crippen molar-refractivity contribution in [3.05, 3.63) is 53.1 Å². The highest BCUT2D eigenvalue weighted by Gasteiger charge is 2.17. The molecule has 1 amide bonds. The summed E-state index contributed by atoms with van der Waals surface area (Å²) in [6.45, 7) is 1.93. The number of benzene rings is 2. The molecule has 1 aliphatic heterocycles. The molecule has 0 aliphatic carbocycles. The third-order valence-electron chi connectivity index (χ3n) is 3.59. The number of thiocarbonyl (C=S) groups is 1. The zero-order chi connectivity index (χ0) is 18.0. The number of aryl methyl sites for hydroxylation is 1. The van der Waals surface area contributed by atoms with Crippen LogP contribution < -0.4 is 20.1 Å². The zero-order valence-corrected chi connectivity index (χ0v) is 14.0. The zero-order valence-electron chi connectivity index (χ0n) is 13.2. The second kappa shape index (κ2) is 6.78. The van der Waals surface area contributed by atoms with E-state index in [4.69, 9.17) is 26.8 Å². The van der Waals surface area contributed by atoms with Crippen LogP contribution in [0.5, 0.6) is 11.5 Å². The van der Waals surface area contributed by atoms with E-state index in [9.17, 15) is 9.59 Å². The van der Waals surface area contributed by atoms with Crippen LogP contribution in [0.15, 0.2) is 36.4 Å². The number of carbonyl (C=O) groups is 2. The van der Waals surface area contributed by atoms with Gasteiger partial charge in [-0.2, -0.15) is 0 Å². The van der Waals surface area contributed by atoms with E-state index in [-0.39, 0.29) is 17.5 Å². The molecular weight excluding hydrogens is 344 g/mol. The van der Waals surface area contributed by atoms with Gasteiger partial charge in [-0.1, -0.05) is 6.07 Å². The highest BCUT2D eigenvalue weighted by atomic mass is 32.1. The van der Waals surface area contributed by atoms with Gasteiger partial charge in [0.25, 0.3) is 5.91 Å². The van der Waals surface area contributed by atoms with Gasteiger partial charge < -0.3 is 19.9 Å². The Bertz CT molecular complexity index is 881. The maximum Gasteiger partial charge on any atom is 0.335 e. The minimum Gasteiger partial charge on any atom is -0.478 e. The van der Waals surface area contributed by atoms with Crippen LogP contribution in [0.3, 0.4) is 0 Å². The predicted molar refractivity (Wildman–Crippen MR) is 94.4 cm³/mol. The largest absolute Gasteiger partial charge is 0.478 e. The van der Waals surface area contributed by atoms with Crippen molar-refractivity contribution in [3.63, 3.8) is 0 Å². The van der Waals surface area contributed by atoms with Crippen molar-refractivity contribution in [2.24, 2.45) is 0 Å². The summed E-state index contributed by atoms with van der Waals surface area (Å²) in [7, 11) is 0. The van der Waals surface area contributed by atoms with E-state index in [1.165, 1.54) is 12.1 Å². The van der Waals surface area contributed by atoms with Gasteiger partial charge in [0.05, 0.1) is 5.56 Å². The van der Waals surface area contributed by atoms with Crippen LogP contribution in [0, 0.1) is 6.92 Å². The Balaban J connectivity index is 1.69. The molecule has 7 nitrogen and oxygen atoms in total. The van der Waals surface area contributed by atoms with E-state index < -0.39 is 11.9 Å². The van der Waals surface area contributed by atoms with E-state index in [0.29, 0.717) is 22.7 Å². The molecular formula is C17H14N2O5S. The maximum atomic E-state index is 12.3. The lowest BCUT2D eigenvalue weighted by Gasteiger charge is -2.12. The summed E-state index contributed by atoms with van der Waals surface area (Å²) >= 11 is 5.13. The van der Waals surface area contributed by atoms with Gasteiger partial charge in [0.1, 0.15) is 0 Å². The Morgan fingerprint density at radius 1 is 1.08 bits per heavy atom. The number of anilines is 1. The molecule has 0 spiro atoms. The summed E-state index contributed by atoms with van der Waals surface area (Å²) in [5.74, 6) is -0.379. The van der Waals surface area contributed by atoms with Gasteiger partial charge in [0.2, 0.25) is 6.79 Å². The number of carboxylic acid groups (broad SMARTS) is 1. The van der Waals surface area contributed by atoms with Gasteiger partial charge in [-0.25, -0.2) is 4.79 Å². The number of amides is 1. The van der Waals surface area contributed by atoms with E-state index >= 15 is 0 Å². The third kappa shape index (κ3) is 3.69. The molecule has 0 aromatic heterocycles. The number of nitrogens with one attached hydrogen (secondary N) is 2. The standard InChI is InChI=1S/C17H14N2O5S/c1-9-2-3-11(16(21)22)6-12(9)18-17(25)19-15(20)10-4-5-13-14(7-10)24-8-23-13/h2-7H,8H2,1H3,(H,21,22)(H2,18,19,20,25). The molecule has 2 aromatic rings. The number of carboxylic acids is 1. The Morgan fingerprint density at radius 3 is 2.56 bits per heavy atom. The summed E-state index contributed by atoms with van der Waals surface area (Å²) in [6.07, 6.45) is 0. The van der Waals surface area contributed by atoms with E-state index in [1.807, 2.05) is 0 Å². The van der Waals surface area contributed by atoms with Crippen molar-refractivity contribution in [1.82, 2.24) is 5.32 Å². The molecule has 8 heteroatoms. The molecule has 1 heterocycles. The second-order valence-corrected chi connectivity index (χ2v) is 5.72. The molecule has 3 rings (SSSR count). The number of hydrogen-bond donors (Lipinski definition) is 3.